The molecular formula is C34H31N5O3. The number of anilines is 2. The molecule has 1 aliphatic heterocycles. The number of carbonyl (C=O) groups is 3. The number of allylic oxidation sites excluding steroid dienone is 4. The molecule has 2 aliphatic carbocycles. The highest BCUT2D eigenvalue weighted by molar-refractivity contribution is 6.06. The molecule has 0 saturated carbocycles. The Kier molecular flexibility index (Phi) is 6.26. The second-order valence-corrected chi connectivity index (χ2v) is 11.3. The highest BCUT2D eigenvalue weighted by atomic mass is 16.2. The number of nitrogens with one attached hydrogen (secondary N) is 3. The van der Waals surface area contributed by atoms with Crippen LogP contribution in [0.1, 0.15) is 40.7 Å². The van der Waals surface area contributed by atoms with E-state index in [2.05, 4.69) is 45.2 Å². The maximum atomic E-state index is 13.4. The first-order valence-corrected chi connectivity index (χ1v) is 14.3. The summed E-state index contributed by atoms with van der Waals surface area (Å²) in [5, 5.41) is 9.72. The highest BCUT2D eigenvalue weighted by Gasteiger charge is 2.51. The average Bonchev–Trinajstić information content (AvgIpc) is 3.64. The number of pyridine rings is 1. The zero-order chi connectivity index (χ0) is 28.8. The molecule has 1 unspecified atom stereocenters. The Morgan fingerprint density at radius 2 is 1.93 bits per heavy atom. The SMILES string of the molecule is CNC(=O)Cc1cn(CC(=O)Nc2ccc3c(c2)CC2(C3)C(=O)Nc3ncccc32)c2cccc(C3=CCCC=C3)c12. The number of aromatic nitrogens is 2. The van der Waals surface area contributed by atoms with Gasteiger partial charge in [-0.3, -0.25) is 14.4 Å². The van der Waals surface area contributed by atoms with Crippen molar-refractivity contribution in [1.82, 2.24) is 14.9 Å². The van der Waals surface area contributed by atoms with Crippen LogP contribution in [0.3, 0.4) is 0 Å². The number of likely N-dealkylation sites (N-methyl/N-ethyl adjacent to an activating group) is 1. The smallest absolute Gasteiger partial charge is 0.244 e. The third-order valence-electron chi connectivity index (χ3n) is 8.70. The van der Waals surface area contributed by atoms with Gasteiger partial charge in [0.2, 0.25) is 17.7 Å². The maximum Gasteiger partial charge on any atom is 0.244 e. The van der Waals surface area contributed by atoms with E-state index in [1.807, 2.05) is 53.2 Å². The molecule has 3 amide bonds. The van der Waals surface area contributed by atoms with Gasteiger partial charge < -0.3 is 20.5 Å². The van der Waals surface area contributed by atoms with E-state index < -0.39 is 5.41 Å². The van der Waals surface area contributed by atoms with E-state index in [4.69, 9.17) is 0 Å². The molecule has 42 heavy (non-hydrogen) atoms. The Balaban J connectivity index is 1.15. The van der Waals surface area contributed by atoms with E-state index in [-0.39, 0.29) is 30.7 Å². The molecule has 1 atom stereocenters. The van der Waals surface area contributed by atoms with Crippen molar-refractivity contribution >= 4 is 45.7 Å². The molecule has 4 aromatic rings. The molecule has 1 spiro atoms. The van der Waals surface area contributed by atoms with E-state index in [0.29, 0.717) is 24.3 Å². The van der Waals surface area contributed by atoms with Crippen molar-refractivity contribution in [2.75, 3.05) is 17.7 Å². The molecule has 8 nitrogen and oxygen atoms in total. The molecule has 7 rings (SSSR count). The molecule has 2 aromatic heterocycles. The molecule has 210 valence electrons. The Morgan fingerprint density at radius 3 is 2.76 bits per heavy atom. The summed E-state index contributed by atoms with van der Waals surface area (Å²) in [6.45, 7) is 0.102. The van der Waals surface area contributed by atoms with E-state index in [0.717, 1.165) is 57.1 Å². The van der Waals surface area contributed by atoms with Crippen LogP contribution in [-0.4, -0.2) is 34.3 Å². The minimum Gasteiger partial charge on any atom is -0.359 e. The Bertz CT molecular complexity index is 1850. The summed E-state index contributed by atoms with van der Waals surface area (Å²) < 4.78 is 1.93. The lowest BCUT2D eigenvalue weighted by atomic mass is 9.79. The predicted molar refractivity (Wildman–Crippen MR) is 163 cm³/mol. The number of nitrogens with zero attached hydrogens (tertiary/aromatic N) is 2. The zero-order valence-corrected chi connectivity index (χ0v) is 23.4. The van der Waals surface area contributed by atoms with Crippen molar-refractivity contribution in [3.63, 3.8) is 0 Å². The van der Waals surface area contributed by atoms with E-state index in [9.17, 15) is 14.4 Å². The van der Waals surface area contributed by atoms with Crippen LogP contribution in [0.5, 0.6) is 0 Å². The number of hydrogen-bond acceptors (Lipinski definition) is 4. The lowest BCUT2D eigenvalue weighted by Crippen LogP contribution is -2.35. The predicted octanol–water partition coefficient (Wildman–Crippen LogP) is 4.69. The second kappa shape index (κ2) is 10.1. The van der Waals surface area contributed by atoms with Crippen LogP contribution >= 0.6 is 0 Å². The van der Waals surface area contributed by atoms with E-state index in [1.165, 1.54) is 0 Å². The van der Waals surface area contributed by atoms with Crippen LogP contribution in [-0.2, 0) is 45.6 Å². The molecule has 0 bridgehead atoms. The second-order valence-electron chi connectivity index (χ2n) is 11.3. The molecule has 3 aliphatic rings. The molecule has 2 aromatic carbocycles. The Labute approximate surface area is 243 Å². The van der Waals surface area contributed by atoms with Gasteiger partial charge >= 0.3 is 0 Å². The minimum absolute atomic E-state index is 0.0242. The third kappa shape index (κ3) is 4.31. The fourth-order valence-corrected chi connectivity index (χ4v) is 6.72. The monoisotopic (exact) mass is 557 g/mol. The quantitative estimate of drug-likeness (QED) is 0.320. The van der Waals surface area contributed by atoms with Crippen LogP contribution in [0.4, 0.5) is 11.5 Å². The Morgan fingerprint density at radius 1 is 1.05 bits per heavy atom. The van der Waals surface area contributed by atoms with Crippen molar-refractivity contribution in [2.24, 2.45) is 0 Å². The number of carbonyl (C=O) groups excluding carboxylic acids is 3. The van der Waals surface area contributed by atoms with Gasteiger partial charge in [0.1, 0.15) is 12.4 Å². The van der Waals surface area contributed by atoms with Crippen LogP contribution < -0.4 is 16.0 Å². The van der Waals surface area contributed by atoms with Crippen LogP contribution in [0.25, 0.3) is 16.5 Å². The molecule has 0 radical (unpaired) electrons. The number of fused-ring (bicyclic) bond motifs is 4. The van der Waals surface area contributed by atoms with E-state index >= 15 is 0 Å². The minimum atomic E-state index is -0.652. The fourth-order valence-electron chi connectivity index (χ4n) is 6.72. The average molecular weight is 558 g/mol. The Hall–Kier alpha value is -4.98. The van der Waals surface area contributed by atoms with E-state index in [1.54, 1.807) is 13.2 Å². The highest BCUT2D eigenvalue weighted by Crippen LogP contribution is 2.47. The molecule has 0 fully saturated rings. The topological polar surface area (TPSA) is 105 Å². The van der Waals surface area contributed by atoms with Crippen molar-refractivity contribution in [1.29, 1.82) is 0 Å². The van der Waals surface area contributed by atoms with Gasteiger partial charge in [-0.1, -0.05) is 42.5 Å². The first-order valence-electron chi connectivity index (χ1n) is 14.3. The lowest BCUT2D eigenvalue weighted by molar-refractivity contribution is -0.121. The van der Waals surface area contributed by atoms with Gasteiger partial charge in [-0.2, -0.15) is 0 Å². The fraction of sp³-hybridized carbons (Fsp3) is 0.235. The molecule has 0 saturated heterocycles. The largest absolute Gasteiger partial charge is 0.359 e. The number of benzene rings is 2. The summed E-state index contributed by atoms with van der Waals surface area (Å²) in [7, 11) is 1.63. The summed E-state index contributed by atoms with van der Waals surface area (Å²) in [4.78, 5) is 43.2. The van der Waals surface area contributed by atoms with Crippen LogP contribution in [0.2, 0.25) is 0 Å². The summed E-state index contributed by atoms with van der Waals surface area (Å²) in [5.74, 6) is 0.370. The van der Waals surface area contributed by atoms with Gasteiger partial charge in [-0.15, -0.1) is 0 Å². The summed E-state index contributed by atoms with van der Waals surface area (Å²) >= 11 is 0. The summed E-state index contributed by atoms with van der Waals surface area (Å²) in [5.41, 5.74) is 7.14. The van der Waals surface area contributed by atoms with Gasteiger partial charge in [0.25, 0.3) is 0 Å². The summed E-state index contributed by atoms with van der Waals surface area (Å²) in [6.07, 6.45) is 13.5. The first kappa shape index (κ1) is 26.0. The number of hydrogen-bond donors (Lipinski definition) is 3. The lowest BCUT2D eigenvalue weighted by Gasteiger charge is -2.20. The molecule has 8 heteroatoms. The molecule has 3 heterocycles. The van der Waals surface area contributed by atoms with Gasteiger partial charge in [0, 0.05) is 41.6 Å². The molecular weight excluding hydrogens is 526 g/mol. The normalized spacial score (nSPS) is 18.5. The first-order chi connectivity index (χ1) is 20.4. The van der Waals surface area contributed by atoms with Gasteiger partial charge in [0.05, 0.1) is 11.8 Å². The molecule has 3 N–H and O–H groups in total. The standard InChI is InChI=1S/C34H31N5O3/c1-35-29(40)16-24-19-39(28-11-5-9-26(31(24)28)21-7-3-2-4-8-21)20-30(41)37-25-13-12-22-17-34(18-23(22)15-25)27-10-6-14-36-32(27)38-33(34)42/h3,5-15,19H,2,4,16-18,20H2,1H3,(H,35,40)(H,37,41)(H,36,38,42). The zero-order valence-electron chi connectivity index (χ0n) is 23.4. The maximum absolute atomic E-state index is 13.4. The van der Waals surface area contributed by atoms with Crippen molar-refractivity contribution in [3.05, 3.63) is 107 Å². The van der Waals surface area contributed by atoms with Gasteiger partial charge in [-0.25, -0.2) is 4.98 Å². The van der Waals surface area contributed by atoms with Crippen molar-refractivity contribution < 1.29 is 14.4 Å². The van der Waals surface area contributed by atoms with Crippen molar-refractivity contribution in [2.45, 2.75) is 44.1 Å². The van der Waals surface area contributed by atoms with Crippen LogP contribution in [0.15, 0.2) is 79.2 Å². The van der Waals surface area contributed by atoms with Crippen molar-refractivity contribution in [3.8, 4) is 0 Å². The van der Waals surface area contributed by atoms with Gasteiger partial charge in [0.15, 0.2) is 0 Å². The summed E-state index contributed by atoms with van der Waals surface area (Å²) in [6, 6.07) is 15.8. The third-order valence-corrected chi connectivity index (χ3v) is 8.70. The van der Waals surface area contributed by atoms with Crippen LogP contribution in [0, 0.1) is 0 Å². The van der Waals surface area contributed by atoms with Gasteiger partial charge in [-0.05, 0) is 77.8 Å². The number of amides is 3. The number of rotatable bonds is 6.